The Balaban J connectivity index is 3.01. The molecular weight excluding hydrogens is 268 g/mol. The summed E-state index contributed by atoms with van der Waals surface area (Å²) in [6.45, 7) is 6.46. The van der Waals surface area contributed by atoms with Gasteiger partial charge in [0.1, 0.15) is 5.82 Å². The Morgan fingerprint density at radius 3 is 2.42 bits per heavy atom. The normalized spacial score (nSPS) is 14.0. The molecule has 19 heavy (non-hydrogen) atoms. The van der Waals surface area contributed by atoms with Gasteiger partial charge in [0.05, 0.1) is 6.10 Å². The summed E-state index contributed by atoms with van der Waals surface area (Å²) in [5.41, 5.74) is 0. The summed E-state index contributed by atoms with van der Waals surface area (Å²) in [6, 6.07) is 0. The van der Waals surface area contributed by atoms with E-state index in [1.807, 2.05) is 20.8 Å². The first kappa shape index (κ1) is 16.1. The average Bonchev–Trinajstić information content (AvgIpc) is 2.67. The van der Waals surface area contributed by atoms with Gasteiger partial charge < -0.3 is 9.30 Å². The lowest BCUT2D eigenvalue weighted by molar-refractivity contribution is 0.110. The molecule has 1 aromatic heterocycles. The minimum Gasteiger partial charge on any atom is -0.382 e. The zero-order valence-electron chi connectivity index (χ0n) is 11.8. The van der Waals surface area contributed by atoms with Crippen LogP contribution < -0.4 is 5.14 Å². The van der Waals surface area contributed by atoms with Gasteiger partial charge >= 0.3 is 0 Å². The largest absolute Gasteiger partial charge is 0.382 e. The molecule has 1 rings (SSSR count). The summed E-state index contributed by atoms with van der Waals surface area (Å²) in [6.07, 6.45) is 1.43. The van der Waals surface area contributed by atoms with Crippen LogP contribution >= 0.6 is 0 Å². The fourth-order valence-corrected chi connectivity index (χ4v) is 2.35. The fraction of sp³-hybridized carbons (Fsp3) is 0.818. The Labute approximate surface area is 114 Å². The molecular formula is C11H22N4O3S. The molecule has 1 aromatic rings. The highest BCUT2D eigenvalue weighted by Gasteiger charge is 2.21. The van der Waals surface area contributed by atoms with Crippen molar-refractivity contribution in [3.05, 3.63) is 5.82 Å². The molecule has 0 amide bonds. The quantitative estimate of drug-likeness (QED) is 0.790. The Morgan fingerprint density at radius 2 is 1.95 bits per heavy atom. The molecule has 0 saturated heterocycles. The topological polar surface area (TPSA) is 100 Å². The number of methoxy groups -OCH3 is 1. The summed E-state index contributed by atoms with van der Waals surface area (Å²) in [5.74, 6) is 0.900. The Kier molecular flexibility index (Phi) is 5.45. The molecule has 2 N–H and O–H groups in total. The number of nitrogens with two attached hydrogens (primary N) is 1. The zero-order valence-corrected chi connectivity index (χ0v) is 12.6. The maximum atomic E-state index is 11.5. The summed E-state index contributed by atoms with van der Waals surface area (Å²) >= 11 is 0. The van der Waals surface area contributed by atoms with Crippen molar-refractivity contribution in [2.75, 3.05) is 7.11 Å². The number of sulfonamides is 1. The van der Waals surface area contributed by atoms with E-state index < -0.39 is 10.0 Å². The van der Waals surface area contributed by atoms with Crippen molar-refractivity contribution >= 4 is 10.0 Å². The van der Waals surface area contributed by atoms with E-state index in [1.165, 1.54) is 0 Å². The molecule has 0 saturated carbocycles. The highest BCUT2D eigenvalue weighted by Crippen LogP contribution is 2.13. The van der Waals surface area contributed by atoms with Crippen molar-refractivity contribution in [3.63, 3.8) is 0 Å². The Morgan fingerprint density at radius 1 is 1.32 bits per heavy atom. The lowest BCUT2D eigenvalue weighted by atomic mass is 10.2. The number of ether oxygens (including phenoxy) is 1. The number of aryl methyl sites for hydroxylation is 1. The number of hydrogen-bond donors (Lipinski definition) is 1. The minimum absolute atomic E-state index is 0.0853. The third-order valence-corrected chi connectivity index (χ3v) is 3.58. The highest BCUT2D eigenvalue weighted by molar-refractivity contribution is 7.89. The summed E-state index contributed by atoms with van der Waals surface area (Å²) in [7, 11) is -2.21. The van der Waals surface area contributed by atoms with Gasteiger partial charge in [0.25, 0.3) is 15.2 Å². The minimum atomic E-state index is -3.84. The summed E-state index contributed by atoms with van der Waals surface area (Å²) < 4.78 is 29.7. The van der Waals surface area contributed by atoms with Gasteiger partial charge in [-0.05, 0) is 19.3 Å². The smallest absolute Gasteiger partial charge is 0.273 e. The molecule has 0 radical (unpaired) electrons. The second-order valence-electron chi connectivity index (χ2n) is 5.03. The highest BCUT2D eigenvalue weighted by atomic mass is 32.2. The molecule has 0 aliphatic carbocycles. The van der Waals surface area contributed by atoms with Gasteiger partial charge in [-0.15, -0.1) is 10.2 Å². The molecule has 0 aliphatic heterocycles. The molecule has 0 spiro atoms. The molecule has 1 unspecified atom stereocenters. The first-order valence-electron chi connectivity index (χ1n) is 6.23. The van der Waals surface area contributed by atoms with Crippen molar-refractivity contribution < 1.29 is 13.2 Å². The van der Waals surface area contributed by atoms with Crippen LogP contribution in [0.15, 0.2) is 5.16 Å². The standard InChI is InChI=1S/C11H22N4O3S/c1-8(2)7-15-10(6-5-9(3)18-4)13-14-11(15)19(12,16)17/h8-9H,5-7H2,1-4H3,(H2,12,16,17). The molecule has 1 atom stereocenters. The SMILES string of the molecule is COC(C)CCc1nnc(S(N)(=O)=O)n1CC(C)C. The van der Waals surface area contributed by atoms with Gasteiger partial charge in [0.15, 0.2) is 0 Å². The van der Waals surface area contributed by atoms with E-state index >= 15 is 0 Å². The van der Waals surface area contributed by atoms with E-state index in [0.29, 0.717) is 18.8 Å². The Bertz CT molecular complexity index is 510. The molecule has 8 heteroatoms. The van der Waals surface area contributed by atoms with Crippen molar-refractivity contribution in [2.24, 2.45) is 11.1 Å². The van der Waals surface area contributed by atoms with Crippen LogP contribution in [0.2, 0.25) is 0 Å². The first-order valence-corrected chi connectivity index (χ1v) is 7.78. The van der Waals surface area contributed by atoms with E-state index in [4.69, 9.17) is 9.88 Å². The van der Waals surface area contributed by atoms with Gasteiger partial charge in [0, 0.05) is 20.1 Å². The average molecular weight is 290 g/mol. The van der Waals surface area contributed by atoms with Gasteiger partial charge in [-0.1, -0.05) is 13.8 Å². The van der Waals surface area contributed by atoms with Crippen molar-refractivity contribution in [1.29, 1.82) is 0 Å². The number of aromatic nitrogens is 3. The van der Waals surface area contributed by atoms with Crippen LogP contribution in [-0.2, 0) is 27.7 Å². The molecule has 1 heterocycles. The van der Waals surface area contributed by atoms with Crippen molar-refractivity contribution in [3.8, 4) is 0 Å². The van der Waals surface area contributed by atoms with Crippen LogP contribution in [0.4, 0.5) is 0 Å². The van der Waals surface area contributed by atoms with E-state index in [-0.39, 0.29) is 17.2 Å². The van der Waals surface area contributed by atoms with Crippen LogP contribution in [0.1, 0.15) is 33.0 Å². The van der Waals surface area contributed by atoms with E-state index in [9.17, 15) is 8.42 Å². The number of hydrogen-bond acceptors (Lipinski definition) is 5. The van der Waals surface area contributed by atoms with Crippen molar-refractivity contribution in [1.82, 2.24) is 14.8 Å². The predicted molar refractivity (Wildman–Crippen MR) is 71.0 cm³/mol. The molecule has 0 aliphatic rings. The van der Waals surface area contributed by atoms with Gasteiger partial charge in [-0.2, -0.15) is 0 Å². The molecule has 7 nitrogen and oxygen atoms in total. The molecule has 0 bridgehead atoms. The predicted octanol–water partition coefficient (Wildman–Crippen LogP) is 0.549. The number of rotatable bonds is 7. The van der Waals surface area contributed by atoms with Gasteiger partial charge in [0.2, 0.25) is 0 Å². The van der Waals surface area contributed by atoms with E-state index in [2.05, 4.69) is 10.2 Å². The summed E-state index contributed by atoms with van der Waals surface area (Å²) in [5, 5.41) is 12.6. The van der Waals surface area contributed by atoms with Crippen LogP contribution in [0.3, 0.4) is 0 Å². The second-order valence-corrected chi connectivity index (χ2v) is 6.49. The van der Waals surface area contributed by atoms with Crippen molar-refractivity contribution in [2.45, 2.75) is 51.4 Å². The summed E-state index contributed by atoms with van der Waals surface area (Å²) in [4.78, 5) is 0. The lowest BCUT2D eigenvalue weighted by Gasteiger charge is -2.13. The third kappa shape index (κ3) is 4.55. The molecule has 0 aromatic carbocycles. The maximum Gasteiger partial charge on any atom is 0.273 e. The first-order chi connectivity index (χ1) is 8.75. The number of nitrogens with zero attached hydrogens (tertiary/aromatic N) is 3. The van der Waals surface area contributed by atoms with Crippen LogP contribution in [0.5, 0.6) is 0 Å². The van der Waals surface area contributed by atoms with E-state index in [0.717, 1.165) is 6.42 Å². The van der Waals surface area contributed by atoms with Crippen LogP contribution in [0, 0.1) is 5.92 Å². The van der Waals surface area contributed by atoms with E-state index in [1.54, 1.807) is 11.7 Å². The van der Waals surface area contributed by atoms with Crippen LogP contribution in [-0.4, -0.2) is 36.4 Å². The fourth-order valence-electron chi connectivity index (χ4n) is 1.71. The molecule has 0 fully saturated rings. The Hall–Kier alpha value is -0.990. The molecule has 110 valence electrons. The maximum absolute atomic E-state index is 11.5. The van der Waals surface area contributed by atoms with Gasteiger partial charge in [-0.25, -0.2) is 13.6 Å². The zero-order chi connectivity index (χ0) is 14.6. The lowest BCUT2D eigenvalue weighted by Crippen LogP contribution is -2.21. The van der Waals surface area contributed by atoms with Crippen LogP contribution in [0.25, 0.3) is 0 Å². The number of primary sulfonamides is 1. The van der Waals surface area contributed by atoms with Gasteiger partial charge in [-0.3, -0.25) is 0 Å². The third-order valence-electron chi connectivity index (χ3n) is 2.77. The monoisotopic (exact) mass is 290 g/mol. The second kappa shape index (κ2) is 6.44.